The van der Waals surface area contributed by atoms with Crippen molar-refractivity contribution in [3.63, 3.8) is 0 Å². The number of benzene rings is 3. The highest BCUT2D eigenvalue weighted by Crippen LogP contribution is 2.28. The van der Waals surface area contributed by atoms with Gasteiger partial charge in [0, 0.05) is 42.8 Å². The average molecular weight is 521 g/mol. The zero-order valence-electron chi connectivity index (χ0n) is 20.8. The summed E-state index contributed by atoms with van der Waals surface area (Å²) in [4.78, 5) is 29.6. The van der Waals surface area contributed by atoms with Crippen LogP contribution in [0, 0.1) is 15.9 Å². The molecule has 0 bridgehead atoms. The highest BCUT2D eigenvalue weighted by molar-refractivity contribution is 5.94. The molecule has 4 rings (SSSR count). The molecule has 0 atom stereocenters. The van der Waals surface area contributed by atoms with Crippen molar-refractivity contribution >= 4 is 11.6 Å². The summed E-state index contributed by atoms with van der Waals surface area (Å²) in [5.41, 5.74) is 1.68. The van der Waals surface area contributed by atoms with Crippen LogP contribution in [0.3, 0.4) is 0 Å². The molecule has 0 spiro atoms. The maximum absolute atomic E-state index is 13.8. The lowest BCUT2D eigenvalue weighted by molar-refractivity contribution is -0.384. The first-order valence-corrected chi connectivity index (χ1v) is 11.7. The Labute approximate surface area is 217 Å². The smallest absolute Gasteiger partial charge is 0.269 e. The largest absolute Gasteiger partial charge is 0.493 e. The zero-order chi connectivity index (χ0) is 27.1. The molecule has 0 saturated carbocycles. The molecule has 4 aromatic rings. The number of amides is 1. The van der Waals surface area contributed by atoms with E-state index < -0.39 is 10.7 Å². The van der Waals surface area contributed by atoms with E-state index in [1.807, 2.05) is 12.1 Å². The van der Waals surface area contributed by atoms with Crippen LogP contribution in [-0.2, 0) is 12.8 Å². The van der Waals surface area contributed by atoms with E-state index in [0.29, 0.717) is 35.9 Å². The normalized spacial score (nSPS) is 10.7. The van der Waals surface area contributed by atoms with Crippen LogP contribution in [0.15, 0.2) is 71.3 Å². The Balaban J connectivity index is 1.49. The monoisotopic (exact) mass is 520 g/mol. The quantitative estimate of drug-likeness (QED) is 0.206. The minimum absolute atomic E-state index is 0.0431. The molecule has 3 aromatic carbocycles. The summed E-state index contributed by atoms with van der Waals surface area (Å²) in [7, 11) is 3.11. The Morgan fingerprint density at radius 2 is 1.74 bits per heavy atom. The van der Waals surface area contributed by atoms with Crippen LogP contribution < -0.4 is 9.47 Å². The van der Waals surface area contributed by atoms with Crippen LogP contribution >= 0.6 is 0 Å². The molecule has 1 aromatic heterocycles. The summed E-state index contributed by atoms with van der Waals surface area (Å²) in [6.07, 6.45) is 0.770. The molecule has 11 heteroatoms. The molecule has 0 aliphatic carbocycles. The van der Waals surface area contributed by atoms with Gasteiger partial charge in [-0.3, -0.25) is 14.9 Å². The Morgan fingerprint density at radius 1 is 1.00 bits per heavy atom. The predicted octanol–water partition coefficient (Wildman–Crippen LogP) is 4.73. The highest BCUT2D eigenvalue weighted by Gasteiger charge is 2.19. The van der Waals surface area contributed by atoms with Crippen LogP contribution in [0.2, 0.25) is 0 Å². The standard InChI is InChI=1S/C27H25FN4O6/c1-36-23-11-6-18(16-24(23)37-2)12-14-31(27(33)20-4-3-5-21(28)17-20)15-13-25-29-26(30-38-25)19-7-9-22(10-8-19)32(34)35/h3-11,16-17H,12-15H2,1-2H3. The summed E-state index contributed by atoms with van der Waals surface area (Å²) in [6.45, 7) is 0.582. The number of aromatic nitrogens is 2. The molecule has 0 radical (unpaired) electrons. The number of hydrogen-bond acceptors (Lipinski definition) is 8. The minimum Gasteiger partial charge on any atom is -0.493 e. The third kappa shape index (κ3) is 6.30. The summed E-state index contributed by atoms with van der Waals surface area (Å²) in [6, 6.07) is 16.9. The van der Waals surface area contributed by atoms with Crippen LogP contribution in [0.1, 0.15) is 21.8 Å². The van der Waals surface area contributed by atoms with E-state index in [-0.39, 0.29) is 35.9 Å². The number of nitro benzene ring substituents is 1. The van der Waals surface area contributed by atoms with Crippen molar-refractivity contribution < 1.29 is 28.1 Å². The molecule has 196 valence electrons. The van der Waals surface area contributed by atoms with E-state index in [1.165, 1.54) is 42.5 Å². The third-order valence-corrected chi connectivity index (χ3v) is 5.88. The van der Waals surface area contributed by atoms with Gasteiger partial charge in [0.2, 0.25) is 11.7 Å². The highest BCUT2D eigenvalue weighted by atomic mass is 19.1. The molecule has 0 aliphatic heterocycles. The van der Waals surface area contributed by atoms with Gasteiger partial charge in [0.05, 0.1) is 19.1 Å². The molecule has 38 heavy (non-hydrogen) atoms. The van der Waals surface area contributed by atoms with E-state index in [4.69, 9.17) is 14.0 Å². The van der Waals surface area contributed by atoms with Gasteiger partial charge in [-0.25, -0.2) is 4.39 Å². The lowest BCUT2D eigenvalue weighted by Gasteiger charge is -2.22. The van der Waals surface area contributed by atoms with Gasteiger partial charge in [0.25, 0.3) is 11.6 Å². The van der Waals surface area contributed by atoms with Crippen molar-refractivity contribution in [2.45, 2.75) is 12.8 Å². The van der Waals surface area contributed by atoms with E-state index in [2.05, 4.69) is 10.1 Å². The molecular weight excluding hydrogens is 495 g/mol. The van der Waals surface area contributed by atoms with E-state index in [0.717, 1.165) is 5.56 Å². The van der Waals surface area contributed by atoms with Crippen molar-refractivity contribution in [3.8, 4) is 22.9 Å². The van der Waals surface area contributed by atoms with Gasteiger partial charge in [-0.15, -0.1) is 0 Å². The molecule has 1 heterocycles. The second-order valence-electron chi connectivity index (χ2n) is 8.31. The number of nitrogens with zero attached hydrogens (tertiary/aromatic N) is 4. The van der Waals surface area contributed by atoms with E-state index in [9.17, 15) is 19.3 Å². The van der Waals surface area contributed by atoms with E-state index in [1.54, 1.807) is 31.3 Å². The van der Waals surface area contributed by atoms with Crippen LogP contribution in [0.4, 0.5) is 10.1 Å². The van der Waals surface area contributed by atoms with Gasteiger partial charge in [-0.2, -0.15) is 4.98 Å². The van der Waals surface area contributed by atoms with Crippen LogP contribution in [-0.4, -0.2) is 53.2 Å². The Kier molecular flexibility index (Phi) is 8.27. The summed E-state index contributed by atoms with van der Waals surface area (Å²) >= 11 is 0. The summed E-state index contributed by atoms with van der Waals surface area (Å²) in [5, 5.41) is 14.8. The number of hydrogen-bond donors (Lipinski definition) is 0. The van der Waals surface area contributed by atoms with Gasteiger partial charge >= 0.3 is 0 Å². The fourth-order valence-electron chi connectivity index (χ4n) is 3.86. The average Bonchev–Trinajstić information content (AvgIpc) is 3.41. The second-order valence-corrected chi connectivity index (χ2v) is 8.31. The number of nitro groups is 1. The molecule has 0 saturated heterocycles. The zero-order valence-corrected chi connectivity index (χ0v) is 20.8. The molecule has 10 nitrogen and oxygen atoms in total. The maximum atomic E-state index is 13.8. The number of carbonyl (C=O) groups excluding carboxylic acids is 1. The van der Waals surface area contributed by atoms with Gasteiger partial charge < -0.3 is 18.9 Å². The number of carbonyl (C=O) groups is 1. The van der Waals surface area contributed by atoms with Crippen molar-refractivity contribution in [1.29, 1.82) is 0 Å². The van der Waals surface area contributed by atoms with Gasteiger partial charge in [0.1, 0.15) is 5.82 Å². The summed E-state index contributed by atoms with van der Waals surface area (Å²) in [5.74, 6) is 0.923. The molecule has 0 aliphatic rings. The molecule has 1 amide bonds. The van der Waals surface area contributed by atoms with Crippen molar-refractivity contribution in [1.82, 2.24) is 15.0 Å². The van der Waals surface area contributed by atoms with Crippen molar-refractivity contribution in [2.75, 3.05) is 27.3 Å². The topological polar surface area (TPSA) is 121 Å². The molecular formula is C27H25FN4O6. The first kappa shape index (κ1) is 26.3. The number of non-ortho nitro benzene ring substituents is 1. The first-order valence-electron chi connectivity index (χ1n) is 11.7. The number of halogens is 1. The third-order valence-electron chi connectivity index (χ3n) is 5.88. The van der Waals surface area contributed by atoms with Crippen LogP contribution in [0.25, 0.3) is 11.4 Å². The van der Waals surface area contributed by atoms with Gasteiger partial charge in [0.15, 0.2) is 11.5 Å². The van der Waals surface area contributed by atoms with Crippen molar-refractivity contribution in [3.05, 3.63) is 99.7 Å². The number of ether oxygens (including phenoxy) is 2. The molecule has 0 N–H and O–H groups in total. The van der Waals surface area contributed by atoms with E-state index >= 15 is 0 Å². The lowest BCUT2D eigenvalue weighted by atomic mass is 10.1. The molecule has 0 fully saturated rings. The molecule has 0 unspecified atom stereocenters. The first-order chi connectivity index (χ1) is 18.4. The van der Waals surface area contributed by atoms with Gasteiger partial charge in [-0.05, 0) is 54.4 Å². The Bertz CT molecular complexity index is 1420. The fourth-order valence-corrected chi connectivity index (χ4v) is 3.86. The minimum atomic E-state index is -0.500. The second kappa shape index (κ2) is 12.0. The van der Waals surface area contributed by atoms with Gasteiger partial charge in [-0.1, -0.05) is 17.3 Å². The lowest BCUT2D eigenvalue weighted by Crippen LogP contribution is -2.35. The maximum Gasteiger partial charge on any atom is 0.269 e. The Hall–Kier alpha value is -4.80. The SMILES string of the molecule is COc1ccc(CCN(CCc2nc(-c3ccc([N+](=O)[O-])cc3)no2)C(=O)c2cccc(F)c2)cc1OC. The number of methoxy groups -OCH3 is 2. The predicted molar refractivity (Wildman–Crippen MR) is 136 cm³/mol. The number of rotatable bonds is 11. The van der Waals surface area contributed by atoms with Crippen LogP contribution in [0.5, 0.6) is 11.5 Å². The Morgan fingerprint density at radius 3 is 2.42 bits per heavy atom. The van der Waals surface area contributed by atoms with Crippen molar-refractivity contribution in [2.24, 2.45) is 0 Å². The fraction of sp³-hybridized carbons (Fsp3) is 0.222. The summed E-state index contributed by atoms with van der Waals surface area (Å²) < 4.78 is 29.8.